The summed E-state index contributed by atoms with van der Waals surface area (Å²) in [6.45, 7) is 0. The van der Waals surface area contributed by atoms with E-state index >= 15 is 0 Å². The van der Waals surface area contributed by atoms with Gasteiger partial charge in [-0.1, -0.05) is 146 Å². The van der Waals surface area contributed by atoms with Crippen LogP contribution in [0.5, 0.6) is 0 Å². The third-order valence-electron chi connectivity index (χ3n) is 9.84. The molecule has 1 amide bonds. The third-order valence-corrected chi connectivity index (χ3v) is 15.6. The molecule has 1 unspecified atom stereocenters. The molecular weight excluding hydrogens is 727 g/mol. The lowest BCUT2D eigenvalue weighted by Gasteiger charge is -2.48. The number of esters is 1. The number of benzene rings is 6. The van der Waals surface area contributed by atoms with E-state index in [0.717, 1.165) is 22.3 Å². The van der Waals surface area contributed by atoms with Crippen molar-refractivity contribution in [2.45, 2.75) is 17.5 Å². The van der Waals surface area contributed by atoms with E-state index in [4.69, 9.17) is 9.73 Å². The Kier molecular flexibility index (Phi) is 11.5. The van der Waals surface area contributed by atoms with E-state index in [1.54, 1.807) is 22.9 Å². The van der Waals surface area contributed by atoms with Crippen LogP contribution < -0.4 is 28.3 Å². The van der Waals surface area contributed by atoms with Crippen molar-refractivity contribution in [1.29, 1.82) is 0 Å². The maximum absolute atomic E-state index is 15.0. The molecule has 268 valence electrons. The Morgan fingerprint density at radius 3 is 1.57 bits per heavy atom. The van der Waals surface area contributed by atoms with Gasteiger partial charge in [-0.05, 0) is 53.1 Å². The van der Waals surface area contributed by atoms with E-state index in [9.17, 15) is 9.59 Å². The van der Waals surface area contributed by atoms with Crippen molar-refractivity contribution in [2.24, 2.45) is 4.99 Å². The summed E-state index contributed by atoms with van der Waals surface area (Å²) in [6, 6.07) is 60.6. The van der Waals surface area contributed by atoms with E-state index in [0.29, 0.717) is 17.6 Å². The van der Waals surface area contributed by atoms with Crippen LogP contribution in [0.3, 0.4) is 0 Å². The average molecular weight is 765 g/mol. The van der Waals surface area contributed by atoms with Crippen LogP contribution in [0.4, 0.5) is 0 Å². The van der Waals surface area contributed by atoms with Gasteiger partial charge in [-0.2, -0.15) is 0 Å². The summed E-state index contributed by atoms with van der Waals surface area (Å²) in [5.74, 6) is -0.141. The number of ether oxygens (including phenoxy) is 1. The van der Waals surface area contributed by atoms with Crippen LogP contribution in [-0.2, 0) is 14.3 Å². The van der Waals surface area contributed by atoms with Crippen molar-refractivity contribution >= 4 is 53.0 Å². The molecule has 0 aliphatic carbocycles. The fourth-order valence-corrected chi connectivity index (χ4v) is 13.1. The monoisotopic (exact) mass is 764 g/mol. The lowest BCUT2D eigenvalue weighted by atomic mass is 10.0. The fraction of sp³-hybridized carbons (Fsp3) is 0.109. The number of carbonyl (C=O) groups is 2. The number of nitrogens with zero attached hydrogens (tertiary/aromatic N) is 2. The van der Waals surface area contributed by atoms with Crippen molar-refractivity contribution < 1.29 is 26.7 Å². The van der Waals surface area contributed by atoms with Gasteiger partial charge >= 0.3 is 5.97 Å². The molecule has 0 spiro atoms. The van der Waals surface area contributed by atoms with Crippen molar-refractivity contribution in [2.75, 3.05) is 11.9 Å². The molecule has 6 aromatic rings. The fourth-order valence-electron chi connectivity index (χ4n) is 7.28. The van der Waals surface area contributed by atoms with Gasteiger partial charge in [0.25, 0.3) is 5.91 Å². The van der Waals surface area contributed by atoms with Gasteiger partial charge in [-0.25, -0.2) is 4.79 Å². The second-order valence-corrected chi connectivity index (χ2v) is 17.7. The number of amides is 1. The maximum atomic E-state index is 15.0. The summed E-state index contributed by atoms with van der Waals surface area (Å²) in [7, 11) is -2.41. The summed E-state index contributed by atoms with van der Waals surface area (Å²) in [6.07, 6.45) is 1.67. The van der Waals surface area contributed by atoms with Crippen LogP contribution in [0.2, 0.25) is 0 Å². The first-order chi connectivity index (χ1) is 26.1. The lowest BCUT2D eigenvalue weighted by molar-refractivity contribution is -0.153. The Morgan fingerprint density at radius 2 is 1.11 bits per heavy atom. The number of β-lactam (4-membered cyclic amide) rings is 1. The molecule has 0 bridgehead atoms. The number of rotatable bonds is 11. The highest BCUT2D eigenvalue weighted by Gasteiger charge is 2.56. The van der Waals surface area contributed by atoms with Crippen LogP contribution in [0, 0.1) is 0 Å². The molecular formula is C46H38ClN2O3PS. The zero-order valence-electron chi connectivity index (χ0n) is 29.4. The summed E-state index contributed by atoms with van der Waals surface area (Å²) in [5.41, 5.74) is 3.88. The molecule has 0 radical (unpaired) electrons. The smallest absolute Gasteiger partial charge is 0.356 e. The minimum absolute atomic E-state index is 0. The number of aliphatic imine (C=N–C) groups is 1. The summed E-state index contributed by atoms with van der Waals surface area (Å²) >= 11 is 1.67. The van der Waals surface area contributed by atoms with Crippen LogP contribution in [-0.4, -0.2) is 46.3 Å². The number of halogens is 1. The van der Waals surface area contributed by atoms with Crippen LogP contribution in [0.1, 0.15) is 22.8 Å². The zero-order valence-corrected chi connectivity index (χ0v) is 31.9. The molecule has 6 aromatic carbocycles. The van der Waals surface area contributed by atoms with Gasteiger partial charge in [0.2, 0.25) is 0 Å². The van der Waals surface area contributed by atoms with Gasteiger partial charge in [0.15, 0.2) is 12.1 Å². The van der Waals surface area contributed by atoms with E-state index in [2.05, 4.69) is 72.8 Å². The molecule has 0 aromatic heterocycles. The first-order valence-electron chi connectivity index (χ1n) is 17.7. The van der Waals surface area contributed by atoms with Crippen molar-refractivity contribution in [3.8, 4) is 0 Å². The van der Waals surface area contributed by atoms with Gasteiger partial charge in [-0.15, -0.1) is 11.8 Å². The maximum Gasteiger partial charge on any atom is 0.356 e. The van der Waals surface area contributed by atoms with E-state index < -0.39 is 25.4 Å². The Labute approximate surface area is 327 Å². The van der Waals surface area contributed by atoms with Crippen LogP contribution >= 0.6 is 19.0 Å². The van der Waals surface area contributed by atoms with Crippen molar-refractivity contribution in [3.05, 3.63) is 210 Å². The molecule has 2 heterocycles. The van der Waals surface area contributed by atoms with Gasteiger partial charge in [-0.3, -0.25) is 14.7 Å². The van der Waals surface area contributed by atoms with Gasteiger partial charge in [0, 0.05) is 17.5 Å². The summed E-state index contributed by atoms with van der Waals surface area (Å²) in [5, 5.41) is 3.29. The Balaban J connectivity index is 0.00000450. The molecule has 2 aliphatic heterocycles. The Morgan fingerprint density at radius 1 is 0.685 bits per heavy atom. The van der Waals surface area contributed by atoms with E-state index in [1.165, 1.54) is 15.9 Å². The highest BCUT2D eigenvalue weighted by molar-refractivity contribution is 8.00. The van der Waals surface area contributed by atoms with E-state index in [-0.39, 0.29) is 23.7 Å². The van der Waals surface area contributed by atoms with Gasteiger partial charge in [0.1, 0.15) is 34.2 Å². The van der Waals surface area contributed by atoms with Crippen molar-refractivity contribution in [3.63, 3.8) is 0 Å². The molecule has 8 heteroatoms. The number of hydrogen-bond acceptors (Lipinski definition) is 5. The predicted molar refractivity (Wildman–Crippen MR) is 219 cm³/mol. The molecule has 2 atom stereocenters. The average Bonchev–Trinajstić information content (AvgIpc) is 3.23. The molecule has 2 aliphatic rings. The first-order valence-corrected chi connectivity index (χ1v) is 20.8. The summed E-state index contributed by atoms with van der Waals surface area (Å²) < 4.78 is 6.56. The second-order valence-electron chi connectivity index (χ2n) is 13.1. The summed E-state index contributed by atoms with van der Waals surface area (Å²) in [4.78, 5) is 35.6. The topological polar surface area (TPSA) is 59.0 Å². The first kappa shape index (κ1) is 37.1. The second kappa shape index (κ2) is 16.8. The highest BCUT2D eigenvalue weighted by Crippen LogP contribution is 2.58. The minimum Gasteiger partial charge on any atom is -1.00 e. The van der Waals surface area contributed by atoms with Crippen LogP contribution in [0.25, 0.3) is 0 Å². The molecule has 1 fully saturated rings. The quantitative estimate of drug-likeness (QED) is 0.0810. The number of thioether (sulfide) groups is 1. The van der Waals surface area contributed by atoms with E-state index in [1.807, 2.05) is 109 Å². The van der Waals surface area contributed by atoms with Crippen LogP contribution in [0.15, 0.2) is 198 Å². The number of carbonyl (C=O) groups excluding carboxylic acids is 2. The normalized spacial score (nSPS) is 16.8. The minimum atomic E-state index is -2.41. The molecule has 0 N–H and O–H groups in total. The number of fused-ring (bicyclic) bond motifs is 1. The standard InChI is InChI=1S/C46H38N2O3PS.ClH/c49-44-41(47-31-34-19-7-1-8-20-34)45-48(44)42(46(50)51-43(35-21-9-2-10-22-35)36-23-11-3-12-24-36)37(33-53-45)32-52(38-25-13-4-14-26-38,39-27-15-5-16-28-39)40-29-17-6-18-30-40;/h1-31,41,43,45H,32-33H2;1H/q+1;/p-1/t41?,45-;/m1./s1. The molecule has 1 saturated heterocycles. The molecule has 8 rings (SSSR count). The SMILES string of the molecule is O=C(OC(c1ccccc1)c1ccccc1)C1=C(C[P+](c2ccccc2)(c2ccccc2)c2ccccc2)CS[C@@H]2C(N=Cc3ccccc3)C(=O)N12.[Cl-]. The molecule has 0 saturated carbocycles. The number of hydrogen-bond donors (Lipinski definition) is 0. The molecule has 54 heavy (non-hydrogen) atoms. The largest absolute Gasteiger partial charge is 1.00 e. The molecule has 5 nitrogen and oxygen atoms in total. The lowest BCUT2D eigenvalue weighted by Crippen LogP contribution is -3.00. The predicted octanol–water partition coefficient (Wildman–Crippen LogP) is 4.97. The third kappa shape index (κ3) is 7.30. The van der Waals surface area contributed by atoms with Gasteiger partial charge in [0.05, 0.1) is 6.16 Å². The Bertz CT molecular complexity index is 2110. The van der Waals surface area contributed by atoms with Crippen molar-refractivity contribution in [1.82, 2.24) is 4.90 Å². The zero-order chi connectivity index (χ0) is 36.0. The highest BCUT2D eigenvalue weighted by atomic mass is 35.5. The van der Waals surface area contributed by atoms with Gasteiger partial charge < -0.3 is 17.1 Å². The Hall–Kier alpha value is -5.26.